The molecule has 0 bridgehead atoms. The standard InChI is InChI=1S/C11H18N4O2/c16-11(12-6-9-7-13-15-14-9)8-17-10-4-2-1-3-5-10/h7,10H,1-6,8H2,(H,12,16)(H,13,14,15). The van der Waals surface area contributed by atoms with Gasteiger partial charge in [-0.1, -0.05) is 19.3 Å². The summed E-state index contributed by atoms with van der Waals surface area (Å²) >= 11 is 0. The lowest BCUT2D eigenvalue weighted by Crippen LogP contribution is -2.30. The highest BCUT2D eigenvalue weighted by Gasteiger charge is 2.15. The van der Waals surface area contributed by atoms with Gasteiger partial charge in [0.2, 0.25) is 5.91 Å². The Bertz CT molecular complexity index is 333. The van der Waals surface area contributed by atoms with Gasteiger partial charge in [-0.3, -0.25) is 4.79 Å². The molecule has 94 valence electrons. The third-order valence-corrected chi connectivity index (χ3v) is 2.93. The molecule has 1 heterocycles. The number of aromatic amines is 1. The fourth-order valence-electron chi connectivity index (χ4n) is 1.98. The Hall–Kier alpha value is -1.43. The maximum absolute atomic E-state index is 11.5. The molecule has 0 radical (unpaired) electrons. The van der Waals surface area contributed by atoms with E-state index in [0.717, 1.165) is 18.5 Å². The van der Waals surface area contributed by atoms with Crippen molar-refractivity contribution in [2.75, 3.05) is 6.61 Å². The second kappa shape index (κ2) is 6.34. The van der Waals surface area contributed by atoms with E-state index in [2.05, 4.69) is 20.7 Å². The van der Waals surface area contributed by atoms with Gasteiger partial charge in [-0.25, -0.2) is 0 Å². The van der Waals surface area contributed by atoms with Gasteiger partial charge in [0.1, 0.15) is 12.3 Å². The van der Waals surface area contributed by atoms with E-state index in [-0.39, 0.29) is 18.6 Å². The third kappa shape index (κ3) is 4.14. The molecule has 6 heteroatoms. The maximum atomic E-state index is 11.5. The van der Waals surface area contributed by atoms with Gasteiger partial charge < -0.3 is 10.1 Å². The van der Waals surface area contributed by atoms with Crippen molar-refractivity contribution in [3.8, 4) is 0 Å². The highest BCUT2D eigenvalue weighted by Crippen LogP contribution is 2.19. The molecule has 0 aliphatic heterocycles. The molecule has 0 aromatic carbocycles. The van der Waals surface area contributed by atoms with Crippen molar-refractivity contribution in [1.82, 2.24) is 20.7 Å². The average Bonchev–Trinajstić information content (AvgIpc) is 2.88. The van der Waals surface area contributed by atoms with Crippen LogP contribution in [0.1, 0.15) is 37.8 Å². The number of H-pyrrole nitrogens is 1. The van der Waals surface area contributed by atoms with Crippen LogP contribution in [0.4, 0.5) is 0 Å². The number of carbonyl (C=O) groups is 1. The second-order valence-corrected chi connectivity index (χ2v) is 4.31. The van der Waals surface area contributed by atoms with Gasteiger partial charge in [0.25, 0.3) is 0 Å². The number of nitrogens with one attached hydrogen (secondary N) is 2. The number of hydrogen-bond acceptors (Lipinski definition) is 4. The van der Waals surface area contributed by atoms with Crippen LogP contribution in [0.5, 0.6) is 0 Å². The molecule has 1 aromatic heterocycles. The van der Waals surface area contributed by atoms with E-state index in [4.69, 9.17) is 4.74 Å². The minimum absolute atomic E-state index is 0.0985. The Morgan fingerprint density at radius 2 is 2.29 bits per heavy atom. The number of hydrogen-bond donors (Lipinski definition) is 2. The zero-order chi connectivity index (χ0) is 11.9. The zero-order valence-electron chi connectivity index (χ0n) is 9.82. The Morgan fingerprint density at radius 3 is 3.00 bits per heavy atom. The molecule has 6 nitrogen and oxygen atoms in total. The van der Waals surface area contributed by atoms with Crippen LogP contribution in [0.2, 0.25) is 0 Å². The lowest BCUT2D eigenvalue weighted by molar-refractivity contribution is -0.128. The lowest BCUT2D eigenvalue weighted by atomic mass is 9.98. The Morgan fingerprint density at radius 1 is 1.47 bits per heavy atom. The van der Waals surface area contributed by atoms with Crippen molar-refractivity contribution in [3.05, 3.63) is 11.9 Å². The first kappa shape index (κ1) is 12.0. The number of carbonyl (C=O) groups excluding carboxylic acids is 1. The average molecular weight is 238 g/mol. The summed E-state index contributed by atoms with van der Waals surface area (Å²) < 4.78 is 5.56. The van der Waals surface area contributed by atoms with Crippen molar-refractivity contribution in [2.45, 2.75) is 44.8 Å². The monoisotopic (exact) mass is 238 g/mol. The molecule has 0 atom stereocenters. The van der Waals surface area contributed by atoms with E-state index in [1.54, 1.807) is 6.20 Å². The van der Waals surface area contributed by atoms with Crippen LogP contribution in [0.3, 0.4) is 0 Å². The van der Waals surface area contributed by atoms with Crippen molar-refractivity contribution < 1.29 is 9.53 Å². The van der Waals surface area contributed by atoms with Gasteiger partial charge in [-0.05, 0) is 12.8 Å². The molecule has 0 spiro atoms. The quantitative estimate of drug-likeness (QED) is 0.794. The topological polar surface area (TPSA) is 79.9 Å². The van der Waals surface area contributed by atoms with Crippen LogP contribution in [-0.2, 0) is 16.1 Å². The normalized spacial score (nSPS) is 16.9. The molecular formula is C11H18N4O2. The molecule has 1 fully saturated rings. The molecule has 0 saturated heterocycles. The first-order valence-corrected chi connectivity index (χ1v) is 6.07. The number of amides is 1. The Kier molecular flexibility index (Phi) is 4.49. The van der Waals surface area contributed by atoms with Crippen LogP contribution in [0, 0.1) is 0 Å². The number of aromatic nitrogens is 3. The van der Waals surface area contributed by atoms with Gasteiger partial charge in [0.15, 0.2) is 0 Å². The number of rotatable bonds is 5. The highest BCUT2D eigenvalue weighted by atomic mass is 16.5. The third-order valence-electron chi connectivity index (χ3n) is 2.93. The second-order valence-electron chi connectivity index (χ2n) is 4.31. The summed E-state index contributed by atoms with van der Waals surface area (Å²) in [5, 5.41) is 12.7. The predicted octanol–water partition coefficient (Wildman–Crippen LogP) is 0.770. The largest absolute Gasteiger partial charge is 0.368 e. The molecule has 1 aliphatic carbocycles. The summed E-state index contributed by atoms with van der Waals surface area (Å²) in [6.07, 6.45) is 7.73. The van der Waals surface area contributed by atoms with E-state index >= 15 is 0 Å². The fraction of sp³-hybridized carbons (Fsp3) is 0.727. The zero-order valence-corrected chi connectivity index (χ0v) is 9.82. The van der Waals surface area contributed by atoms with E-state index in [9.17, 15) is 4.79 Å². The van der Waals surface area contributed by atoms with Crippen LogP contribution >= 0.6 is 0 Å². The number of nitrogens with zero attached hydrogens (tertiary/aromatic N) is 2. The molecule has 2 N–H and O–H groups in total. The first-order chi connectivity index (χ1) is 8.34. The van der Waals surface area contributed by atoms with Crippen molar-refractivity contribution in [3.63, 3.8) is 0 Å². The van der Waals surface area contributed by atoms with Crippen LogP contribution in [0.15, 0.2) is 6.20 Å². The minimum Gasteiger partial charge on any atom is -0.368 e. The lowest BCUT2D eigenvalue weighted by Gasteiger charge is -2.21. The molecule has 0 unspecified atom stereocenters. The van der Waals surface area contributed by atoms with Gasteiger partial charge in [-0.2, -0.15) is 15.4 Å². The first-order valence-electron chi connectivity index (χ1n) is 6.07. The summed E-state index contributed by atoms with van der Waals surface area (Å²) in [4.78, 5) is 11.5. The molecule has 1 aliphatic rings. The minimum atomic E-state index is -0.0985. The Balaban J connectivity index is 1.60. The SMILES string of the molecule is O=C(COC1CCCCC1)NCc1cn[nH]n1. The molecule has 1 amide bonds. The summed E-state index contributed by atoms with van der Waals surface area (Å²) in [7, 11) is 0. The van der Waals surface area contributed by atoms with E-state index in [1.165, 1.54) is 19.3 Å². The van der Waals surface area contributed by atoms with Crippen molar-refractivity contribution in [2.24, 2.45) is 0 Å². The summed E-state index contributed by atoms with van der Waals surface area (Å²) in [5.74, 6) is -0.0985. The smallest absolute Gasteiger partial charge is 0.246 e. The van der Waals surface area contributed by atoms with E-state index in [1.807, 2.05) is 0 Å². The molecule has 1 aromatic rings. The van der Waals surface area contributed by atoms with Gasteiger partial charge in [0, 0.05) is 0 Å². The molecule has 17 heavy (non-hydrogen) atoms. The van der Waals surface area contributed by atoms with Crippen LogP contribution < -0.4 is 5.32 Å². The number of ether oxygens (including phenoxy) is 1. The van der Waals surface area contributed by atoms with Crippen molar-refractivity contribution >= 4 is 5.91 Å². The van der Waals surface area contributed by atoms with Crippen LogP contribution in [0.25, 0.3) is 0 Å². The molecular weight excluding hydrogens is 220 g/mol. The summed E-state index contributed by atoms with van der Waals surface area (Å²) in [6.45, 7) is 0.534. The van der Waals surface area contributed by atoms with Gasteiger partial charge in [0.05, 0.1) is 18.8 Å². The van der Waals surface area contributed by atoms with Crippen LogP contribution in [-0.4, -0.2) is 34.0 Å². The van der Waals surface area contributed by atoms with Crippen molar-refractivity contribution in [1.29, 1.82) is 0 Å². The highest BCUT2D eigenvalue weighted by molar-refractivity contribution is 5.77. The Labute approximate surface area is 100 Å². The van der Waals surface area contributed by atoms with Gasteiger partial charge >= 0.3 is 0 Å². The summed E-state index contributed by atoms with van der Waals surface area (Å²) in [6, 6.07) is 0. The van der Waals surface area contributed by atoms with E-state index in [0.29, 0.717) is 6.54 Å². The summed E-state index contributed by atoms with van der Waals surface area (Å²) in [5.41, 5.74) is 0.719. The predicted molar refractivity (Wildman–Crippen MR) is 61.1 cm³/mol. The molecule has 1 saturated carbocycles. The molecule has 2 rings (SSSR count). The maximum Gasteiger partial charge on any atom is 0.246 e. The van der Waals surface area contributed by atoms with E-state index < -0.39 is 0 Å². The van der Waals surface area contributed by atoms with Gasteiger partial charge in [-0.15, -0.1) is 0 Å². The fourth-order valence-corrected chi connectivity index (χ4v) is 1.98.